The van der Waals surface area contributed by atoms with Crippen molar-refractivity contribution >= 4 is 23.2 Å². The van der Waals surface area contributed by atoms with Gasteiger partial charge in [0.2, 0.25) is 0 Å². The topological polar surface area (TPSA) is 39.0 Å². The lowest BCUT2D eigenvalue weighted by molar-refractivity contribution is 0.415. The van der Waals surface area contributed by atoms with Crippen LogP contribution in [0.3, 0.4) is 0 Å². The Balaban J connectivity index is 2.26. The molecule has 1 aliphatic rings. The van der Waals surface area contributed by atoms with E-state index < -0.39 is 0 Å². The van der Waals surface area contributed by atoms with Crippen molar-refractivity contribution in [3.8, 4) is 0 Å². The van der Waals surface area contributed by atoms with Gasteiger partial charge in [0, 0.05) is 25.8 Å². The fourth-order valence-electron chi connectivity index (χ4n) is 1.45. The first-order chi connectivity index (χ1) is 6.79. The predicted molar refractivity (Wildman–Crippen MR) is 56.9 cm³/mol. The molecular formula is C9H10Cl2N3. The Kier molecular flexibility index (Phi) is 3.23. The Morgan fingerprint density at radius 2 is 2.29 bits per heavy atom. The monoisotopic (exact) mass is 230 g/mol. The van der Waals surface area contributed by atoms with E-state index in [0.29, 0.717) is 10.0 Å². The van der Waals surface area contributed by atoms with E-state index in [1.165, 1.54) is 0 Å². The highest BCUT2D eigenvalue weighted by molar-refractivity contribution is 6.42. The van der Waals surface area contributed by atoms with Crippen molar-refractivity contribution in [3.63, 3.8) is 0 Å². The Morgan fingerprint density at radius 1 is 1.43 bits per heavy atom. The van der Waals surface area contributed by atoms with Gasteiger partial charge in [0.25, 0.3) is 0 Å². The molecule has 1 radical (unpaired) electrons. The second kappa shape index (κ2) is 4.45. The number of aromatic nitrogens is 1. The molecule has 0 aliphatic carbocycles. The number of halogens is 2. The van der Waals surface area contributed by atoms with E-state index in [-0.39, 0.29) is 6.04 Å². The van der Waals surface area contributed by atoms with Crippen molar-refractivity contribution in [1.29, 1.82) is 0 Å². The molecule has 1 unspecified atom stereocenters. The lowest BCUT2D eigenvalue weighted by Gasteiger charge is -2.23. The molecule has 1 atom stereocenters. The van der Waals surface area contributed by atoms with E-state index in [2.05, 4.69) is 15.6 Å². The summed E-state index contributed by atoms with van der Waals surface area (Å²) in [5.41, 5.74) is 0.770. The van der Waals surface area contributed by atoms with Gasteiger partial charge in [-0.1, -0.05) is 23.2 Å². The standard InChI is InChI=1S/C9H10Cl2N3/c10-6-1-2-14-9(8(6)11)7-5-12-3-4-13-7/h1-2,7,12H,3-5H2. The average molecular weight is 231 g/mol. The Labute approximate surface area is 92.8 Å². The normalized spacial score (nSPS) is 22.3. The summed E-state index contributed by atoms with van der Waals surface area (Å²) in [5.74, 6) is 0. The molecule has 0 spiro atoms. The summed E-state index contributed by atoms with van der Waals surface area (Å²) in [6, 6.07) is 1.72. The summed E-state index contributed by atoms with van der Waals surface area (Å²) < 4.78 is 0. The van der Waals surface area contributed by atoms with Crippen molar-refractivity contribution < 1.29 is 0 Å². The SMILES string of the molecule is Clc1ccnc(C2CNCC[N]2)c1Cl. The van der Waals surface area contributed by atoms with Gasteiger partial charge < -0.3 is 5.32 Å². The second-order valence-corrected chi connectivity index (χ2v) is 3.90. The van der Waals surface area contributed by atoms with E-state index >= 15 is 0 Å². The second-order valence-electron chi connectivity index (χ2n) is 3.12. The quantitative estimate of drug-likeness (QED) is 0.797. The molecule has 5 heteroatoms. The molecule has 14 heavy (non-hydrogen) atoms. The maximum atomic E-state index is 6.04. The number of hydrogen-bond acceptors (Lipinski definition) is 2. The van der Waals surface area contributed by atoms with E-state index in [1.807, 2.05) is 0 Å². The van der Waals surface area contributed by atoms with E-state index in [9.17, 15) is 0 Å². The van der Waals surface area contributed by atoms with Crippen LogP contribution in [0.1, 0.15) is 11.7 Å². The zero-order valence-corrected chi connectivity index (χ0v) is 9.02. The van der Waals surface area contributed by atoms with Crippen LogP contribution in [0.5, 0.6) is 0 Å². The minimum absolute atomic E-state index is 0.0370. The predicted octanol–water partition coefficient (Wildman–Crippen LogP) is 1.64. The third-order valence-corrected chi connectivity index (χ3v) is 2.97. The Bertz CT molecular complexity index is 324. The van der Waals surface area contributed by atoms with Crippen LogP contribution in [-0.2, 0) is 0 Å². The number of nitrogens with one attached hydrogen (secondary N) is 1. The van der Waals surface area contributed by atoms with Gasteiger partial charge in [0.15, 0.2) is 0 Å². The third-order valence-electron chi connectivity index (χ3n) is 2.16. The average Bonchev–Trinajstić information content (AvgIpc) is 2.23. The van der Waals surface area contributed by atoms with Crippen LogP contribution in [0.25, 0.3) is 0 Å². The lowest BCUT2D eigenvalue weighted by atomic mass is 10.1. The van der Waals surface area contributed by atoms with Gasteiger partial charge in [0.1, 0.15) is 0 Å². The molecule has 1 saturated heterocycles. The first-order valence-electron chi connectivity index (χ1n) is 4.46. The van der Waals surface area contributed by atoms with Crippen LogP contribution in [-0.4, -0.2) is 24.6 Å². The van der Waals surface area contributed by atoms with E-state index in [0.717, 1.165) is 25.3 Å². The summed E-state index contributed by atoms with van der Waals surface area (Å²) in [7, 11) is 0. The first kappa shape index (κ1) is 10.2. The Morgan fingerprint density at radius 3 is 3.00 bits per heavy atom. The fourth-order valence-corrected chi connectivity index (χ4v) is 1.84. The number of hydrogen-bond donors (Lipinski definition) is 1. The molecule has 75 valence electrons. The van der Waals surface area contributed by atoms with Crippen molar-refractivity contribution in [2.45, 2.75) is 6.04 Å². The number of nitrogens with zero attached hydrogens (tertiary/aromatic N) is 2. The maximum Gasteiger partial charge on any atom is 0.0825 e. The van der Waals surface area contributed by atoms with Crippen LogP contribution in [0.4, 0.5) is 0 Å². The van der Waals surface area contributed by atoms with E-state index in [4.69, 9.17) is 23.2 Å². The van der Waals surface area contributed by atoms with Gasteiger partial charge in [-0.25, -0.2) is 5.32 Å². The summed E-state index contributed by atoms with van der Waals surface area (Å²) in [5, 5.41) is 8.74. The zero-order valence-electron chi connectivity index (χ0n) is 7.50. The molecule has 3 nitrogen and oxygen atoms in total. The van der Waals surface area contributed by atoms with Crippen LogP contribution >= 0.6 is 23.2 Å². The molecule has 1 aromatic rings. The van der Waals surface area contributed by atoms with Gasteiger partial charge in [0.05, 0.1) is 21.8 Å². The highest BCUT2D eigenvalue weighted by Gasteiger charge is 2.20. The summed E-state index contributed by atoms with van der Waals surface area (Å²) in [4.78, 5) is 4.21. The molecule has 1 aliphatic heterocycles. The van der Waals surface area contributed by atoms with Gasteiger partial charge >= 0.3 is 0 Å². The molecule has 1 N–H and O–H groups in total. The molecule has 1 aromatic heterocycles. The zero-order chi connectivity index (χ0) is 9.97. The van der Waals surface area contributed by atoms with Crippen molar-refractivity contribution in [1.82, 2.24) is 15.6 Å². The molecule has 2 heterocycles. The first-order valence-corrected chi connectivity index (χ1v) is 5.22. The molecule has 0 aromatic carbocycles. The smallest absolute Gasteiger partial charge is 0.0825 e. The number of piperazine rings is 1. The van der Waals surface area contributed by atoms with Crippen LogP contribution in [0.2, 0.25) is 10.0 Å². The van der Waals surface area contributed by atoms with Crippen LogP contribution in [0, 0.1) is 0 Å². The molecule has 0 bridgehead atoms. The van der Waals surface area contributed by atoms with Gasteiger partial charge in [-0.2, -0.15) is 0 Å². The largest absolute Gasteiger partial charge is 0.313 e. The molecule has 2 rings (SSSR count). The van der Waals surface area contributed by atoms with Crippen molar-refractivity contribution in [2.75, 3.05) is 19.6 Å². The van der Waals surface area contributed by atoms with Crippen LogP contribution < -0.4 is 10.6 Å². The highest BCUT2D eigenvalue weighted by Crippen LogP contribution is 2.28. The summed E-state index contributed by atoms with van der Waals surface area (Å²) >= 11 is 11.9. The van der Waals surface area contributed by atoms with Crippen molar-refractivity contribution in [2.24, 2.45) is 0 Å². The lowest BCUT2D eigenvalue weighted by Crippen LogP contribution is -2.39. The molecular weight excluding hydrogens is 221 g/mol. The number of rotatable bonds is 1. The van der Waals surface area contributed by atoms with Gasteiger partial charge in [-0.3, -0.25) is 4.98 Å². The van der Waals surface area contributed by atoms with Gasteiger partial charge in [-0.15, -0.1) is 0 Å². The van der Waals surface area contributed by atoms with Gasteiger partial charge in [-0.05, 0) is 6.07 Å². The maximum absolute atomic E-state index is 6.04. The van der Waals surface area contributed by atoms with Crippen LogP contribution in [0.15, 0.2) is 12.3 Å². The third kappa shape index (κ3) is 2.01. The molecule has 0 saturated carbocycles. The summed E-state index contributed by atoms with van der Waals surface area (Å²) in [6.45, 7) is 2.51. The number of pyridine rings is 1. The molecule has 0 amide bonds. The fraction of sp³-hybridized carbons (Fsp3) is 0.444. The minimum Gasteiger partial charge on any atom is -0.313 e. The summed E-state index contributed by atoms with van der Waals surface area (Å²) in [6.07, 6.45) is 1.66. The van der Waals surface area contributed by atoms with Crippen molar-refractivity contribution in [3.05, 3.63) is 28.0 Å². The molecule has 1 fully saturated rings. The van der Waals surface area contributed by atoms with E-state index in [1.54, 1.807) is 12.3 Å². The Hall–Kier alpha value is -0.350. The minimum atomic E-state index is 0.0370. The highest BCUT2D eigenvalue weighted by atomic mass is 35.5.